The molecule has 108 valence electrons. The molecule has 18 heavy (non-hydrogen) atoms. The number of nitrogens with zero attached hydrogens (tertiary/aromatic N) is 1. The van der Waals surface area contributed by atoms with Crippen LogP contribution in [0.15, 0.2) is 0 Å². The van der Waals surface area contributed by atoms with Gasteiger partial charge in [0.25, 0.3) is 0 Å². The molecule has 1 heterocycles. The van der Waals surface area contributed by atoms with E-state index in [9.17, 15) is 0 Å². The highest BCUT2D eigenvalue weighted by Gasteiger charge is 2.21. The Morgan fingerprint density at radius 3 is 2.89 bits per heavy atom. The fraction of sp³-hybridized carbons (Fsp3) is 1.00. The fourth-order valence-corrected chi connectivity index (χ4v) is 2.23. The van der Waals surface area contributed by atoms with E-state index >= 15 is 0 Å². The lowest BCUT2D eigenvalue weighted by molar-refractivity contribution is -0.0261. The Labute approximate surface area is 112 Å². The summed E-state index contributed by atoms with van der Waals surface area (Å²) in [5.74, 6) is 0. The zero-order chi connectivity index (χ0) is 13.4. The molecule has 0 spiro atoms. The van der Waals surface area contributed by atoms with Crippen LogP contribution in [0.5, 0.6) is 0 Å². The summed E-state index contributed by atoms with van der Waals surface area (Å²) >= 11 is 0. The van der Waals surface area contributed by atoms with Gasteiger partial charge < -0.3 is 14.8 Å². The normalized spacial score (nSPS) is 22.3. The highest BCUT2D eigenvalue weighted by Crippen LogP contribution is 2.18. The van der Waals surface area contributed by atoms with Crippen molar-refractivity contribution in [1.29, 1.82) is 0 Å². The quantitative estimate of drug-likeness (QED) is 0.713. The van der Waals surface area contributed by atoms with Crippen LogP contribution in [0.25, 0.3) is 0 Å². The Bertz CT molecular complexity index is 222. The van der Waals surface area contributed by atoms with Gasteiger partial charge in [0.2, 0.25) is 0 Å². The maximum atomic E-state index is 5.78. The van der Waals surface area contributed by atoms with Crippen LogP contribution in [-0.2, 0) is 9.47 Å². The van der Waals surface area contributed by atoms with E-state index < -0.39 is 0 Å². The molecular weight excluding hydrogens is 228 g/mol. The van der Waals surface area contributed by atoms with Crippen molar-refractivity contribution in [2.75, 3.05) is 53.0 Å². The van der Waals surface area contributed by atoms with Gasteiger partial charge in [0, 0.05) is 39.9 Å². The minimum absolute atomic E-state index is 0.287. The Morgan fingerprint density at radius 1 is 1.44 bits per heavy atom. The monoisotopic (exact) mass is 258 g/mol. The van der Waals surface area contributed by atoms with Gasteiger partial charge in [0.15, 0.2) is 0 Å². The SMILES string of the molecule is CCN1CCOC(CNCC(C)(C)CCOC)C1. The molecule has 4 heteroatoms. The standard InChI is InChI=1S/C14H30N2O2/c1-5-16-7-9-18-13(11-16)10-15-12-14(2,3)6-8-17-4/h13,15H,5-12H2,1-4H3. The average Bonchev–Trinajstić information content (AvgIpc) is 2.36. The van der Waals surface area contributed by atoms with Crippen LogP contribution in [0.1, 0.15) is 27.2 Å². The van der Waals surface area contributed by atoms with E-state index in [0.29, 0.717) is 6.10 Å². The summed E-state index contributed by atoms with van der Waals surface area (Å²) < 4.78 is 10.9. The molecule has 1 rings (SSSR count). The Kier molecular flexibility index (Phi) is 7.15. The van der Waals surface area contributed by atoms with Crippen molar-refractivity contribution in [2.45, 2.75) is 33.3 Å². The molecule has 0 bridgehead atoms. The molecule has 1 aliphatic rings. The first-order chi connectivity index (χ1) is 8.57. The Balaban J connectivity index is 2.16. The number of hydrogen-bond donors (Lipinski definition) is 1. The summed E-state index contributed by atoms with van der Waals surface area (Å²) in [6.07, 6.45) is 1.43. The second-order valence-electron chi connectivity index (χ2n) is 5.92. The molecule has 0 aromatic heterocycles. The summed E-state index contributed by atoms with van der Waals surface area (Å²) in [4.78, 5) is 2.45. The van der Waals surface area contributed by atoms with Gasteiger partial charge in [-0.2, -0.15) is 0 Å². The van der Waals surface area contributed by atoms with E-state index in [1.54, 1.807) is 7.11 Å². The second-order valence-corrected chi connectivity index (χ2v) is 5.92. The minimum atomic E-state index is 0.287. The van der Waals surface area contributed by atoms with Crippen molar-refractivity contribution in [3.63, 3.8) is 0 Å². The molecule has 0 radical (unpaired) electrons. The smallest absolute Gasteiger partial charge is 0.0826 e. The minimum Gasteiger partial charge on any atom is -0.385 e. The van der Waals surface area contributed by atoms with E-state index in [1.807, 2.05) is 0 Å². The highest BCUT2D eigenvalue weighted by molar-refractivity contribution is 4.76. The van der Waals surface area contributed by atoms with Gasteiger partial charge in [-0.3, -0.25) is 4.90 Å². The number of ether oxygens (including phenoxy) is 2. The van der Waals surface area contributed by atoms with E-state index in [-0.39, 0.29) is 5.41 Å². The molecule has 0 amide bonds. The maximum Gasteiger partial charge on any atom is 0.0826 e. The first-order valence-electron chi connectivity index (χ1n) is 7.11. The number of hydrogen-bond acceptors (Lipinski definition) is 4. The third-order valence-electron chi connectivity index (χ3n) is 3.63. The highest BCUT2D eigenvalue weighted by atomic mass is 16.5. The molecule has 1 N–H and O–H groups in total. The largest absolute Gasteiger partial charge is 0.385 e. The van der Waals surface area contributed by atoms with Crippen LogP contribution in [0, 0.1) is 5.41 Å². The van der Waals surface area contributed by atoms with Crippen LogP contribution in [0.2, 0.25) is 0 Å². The number of nitrogens with one attached hydrogen (secondary N) is 1. The lowest BCUT2D eigenvalue weighted by Gasteiger charge is -2.33. The van der Waals surface area contributed by atoms with Gasteiger partial charge in [-0.05, 0) is 18.4 Å². The predicted molar refractivity (Wildman–Crippen MR) is 75.0 cm³/mol. The molecule has 0 aromatic rings. The Hall–Kier alpha value is -0.160. The third kappa shape index (κ3) is 6.14. The summed E-state index contributed by atoms with van der Waals surface area (Å²) in [6.45, 7) is 13.7. The molecule has 1 atom stereocenters. The van der Waals surface area contributed by atoms with E-state index in [2.05, 4.69) is 31.0 Å². The molecule has 0 saturated carbocycles. The van der Waals surface area contributed by atoms with Gasteiger partial charge >= 0.3 is 0 Å². The zero-order valence-corrected chi connectivity index (χ0v) is 12.5. The third-order valence-corrected chi connectivity index (χ3v) is 3.63. The second kappa shape index (κ2) is 8.10. The van der Waals surface area contributed by atoms with Crippen LogP contribution in [0.3, 0.4) is 0 Å². The predicted octanol–water partition coefficient (Wildman–Crippen LogP) is 1.36. The van der Waals surface area contributed by atoms with Crippen molar-refractivity contribution in [3.05, 3.63) is 0 Å². The van der Waals surface area contributed by atoms with Gasteiger partial charge in [-0.1, -0.05) is 20.8 Å². The van der Waals surface area contributed by atoms with Crippen molar-refractivity contribution in [1.82, 2.24) is 10.2 Å². The number of likely N-dealkylation sites (N-methyl/N-ethyl adjacent to an activating group) is 1. The first-order valence-corrected chi connectivity index (χ1v) is 7.11. The summed E-state index contributed by atoms with van der Waals surface area (Å²) in [6, 6.07) is 0. The number of rotatable bonds is 8. The van der Waals surface area contributed by atoms with E-state index in [4.69, 9.17) is 9.47 Å². The van der Waals surface area contributed by atoms with Crippen molar-refractivity contribution in [2.24, 2.45) is 5.41 Å². The van der Waals surface area contributed by atoms with Gasteiger partial charge in [-0.25, -0.2) is 0 Å². The van der Waals surface area contributed by atoms with Crippen LogP contribution in [-0.4, -0.2) is 64.1 Å². The van der Waals surface area contributed by atoms with Gasteiger partial charge in [0.05, 0.1) is 12.7 Å². The summed E-state index contributed by atoms with van der Waals surface area (Å²) in [5.41, 5.74) is 0.287. The van der Waals surface area contributed by atoms with Crippen molar-refractivity contribution in [3.8, 4) is 0 Å². The molecule has 1 fully saturated rings. The summed E-state index contributed by atoms with van der Waals surface area (Å²) in [5, 5.41) is 3.54. The van der Waals surface area contributed by atoms with Crippen molar-refractivity contribution < 1.29 is 9.47 Å². The molecule has 0 aliphatic carbocycles. The lowest BCUT2D eigenvalue weighted by Crippen LogP contribution is -2.47. The average molecular weight is 258 g/mol. The van der Waals surface area contributed by atoms with Crippen LogP contribution >= 0.6 is 0 Å². The van der Waals surface area contributed by atoms with Crippen molar-refractivity contribution >= 4 is 0 Å². The van der Waals surface area contributed by atoms with Crippen LogP contribution in [0.4, 0.5) is 0 Å². The zero-order valence-electron chi connectivity index (χ0n) is 12.5. The fourth-order valence-electron chi connectivity index (χ4n) is 2.23. The molecular formula is C14H30N2O2. The molecule has 1 saturated heterocycles. The van der Waals surface area contributed by atoms with Crippen LogP contribution < -0.4 is 5.32 Å². The lowest BCUT2D eigenvalue weighted by atomic mass is 9.89. The molecule has 1 aliphatic heterocycles. The maximum absolute atomic E-state index is 5.78. The van der Waals surface area contributed by atoms with E-state index in [1.165, 1.54) is 0 Å². The molecule has 4 nitrogen and oxygen atoms in total. The van der Waals surface area contributed by atoms with Gasteiger partial charge in [0.1, 0.15) is 0 Å². The Morgan fingerprint density at radius 2 is 2.22 bits per heavy atom. The first kappa shape index (κ1) is 15.9. The summed E-state index contributed by atoms with van der Waals surface area (Å²) in [7, 11) is 1.76. The molecule has 1 unspecified atom stereocenters. The topological polar surface area (TPSA) is 33.7 Å². The number of morpholine rings is 1. The van der Waals surface area contributed by atoms with E-state index in [0.717, 1.165) is 52.4 Å². The molecule has 0 aromatic carbocycles. The number of methoxy groups -OCH3 is 1. The van der Waals surface area contributed by atoms with Gasteiger partial charge in [-0.15, -0.1) is 0 Å².